The summed E-state index contributed by atoms with van der Waals surface area (Å²) in [6.45, 7) is -0.455. The minimum Gasteiger partial charge on any atom is -0.493 e. The van der Waals surface area contributed by atoms with Crippen LogP contribution in [-0.2, 0) is 14.6 Å². The van der Waals surface area contributed by atoms with Crippen LogP contribution in [-0.4, -0.2) is 33.8 Å². The average Bonchev–Trinajstić information content (AvgIpc) is 2.60. The maximum absolute atomic E-state index is 12.7. The van der Waals surface area contributed by atoms with Gasteiger partial charge in [-0.15, -0.1) is 0 Å². The highest BCUT2D eigenvalue weighted by molar-refractivity contribution is 7.91. The van der Waals surface area contributed by atoms with Crippen LogP contribution in [0, 0.1) is 0 Å². The number of para-hydroxylation sites is 3. The third-order valence-corrected chi connectivity index (χ3v) is 4.57. The highest BCUT2D eigenvalue weighted by atomic mass is 32.2. The van der Waals surface area contributed by atoms with E-state index in [1.165, 1.54) is 25.3 Å². The molecule has 0 radical (unpaired) electrons. The van der Waals surface area contributed by atoms with Crippen LogP contribution >= 0.6 is 0 Å². The molecule has 0 aliphatic rings. The fraction of sp³-hybridized carbons (Fsp3) is 0.188. The summed E-state index contributed by atoms with van der Waals surface area (Å²) in [6, 6.07) is 11.5. The molecule has 0 spiro atoms. The van der Waals surface area contributed by atoms with Gasteiger partial charge >= 0.3 is 5.76 Å². The summed E-state index contributed by atoms with van der Waals surface area (Å²) in [5.41, 5.74) is -0.239. The first-order valence-electron chi connectivity index (χ1n) is 7.03. The molecule has 134 valence electrons. The van der Waals surface area contributed by atoms with Crippen LogP contribution in [0.5, 0.6) is 11.5 Å². The summed E-state index contributed by atoms with van der Waals surface area (Å²) in [4.78, 5) is 11.3. The summed E-state index contributed by atoms with van der Waals surface area (Å²) in [6.07, 6.45) is 0. The molecule has 2 aromatic rings. The van der Waals surface area contributed by atoms with Crippen molar-refractivity contribution >= 4 is 21.4 Å². The van der Waals surface area contributed by atoms with E-state index in [9.17, 15) is 22.0 Å². The van der Waals surface area contributed by atoms with E-state index in [0.29, 0.717) is 11.5 Å². The Balaban J connectivity index is 2.12. The van der Waals surface area contributed by atoms with E-state index in [0.717, 1.165) is 6.07 Å². The molecule has 0 bridgehead atoms. The predicted molar refractivity (Wildman–Crippen MR) is 86.8 cm³/mol. The van der Waals surface area contributed by atoms with E-state index in [-0.39, 0.29) is 5.69 Å². The predicted octanol–water partition coefficient (Wildman–Crippen LogP) is 2.71. The lowest BCUT2D eigenvalue weighted by Gasteiger charge is -2.13. The third kappa shape index (κ3) is 4.44. The van der Waals surface area contributed by atoms with Crippen LogP contribution in [0.25, 0.3) is 0 Å². The standard InChI is InChI=1S/C16H15F2NO5S/c1-23-12-7-3-4-8-13(12)24-10-15(20)19-11-6-2-5-9-14(11)25(21,22)16(17)18/h2-9,16H,10H2,1H3,(H,19,20). The van der Waals surface area contributed by atoms with Crippen LogP contribution in [0.1, 0.15) is 0 Å². The molecular formula is C16H15F2NO5S. The van der Waals surface area contributed by atoms with Crippen molar-refractivity contribution in [3.05, 3.63) is 48.5 Å². The number of nitrogens with one attached hydrogen (secondary N) is 1. The molecule has 0 aliphatic heterocycles. The minimum absolute atomic E-state index is 0.239. The molecule has 0 atom stereocenters. The summed E-state index contributed by atoms with van der Waals surface area (Å²) < 4.78 is 59.1. The van der Waals surface area contributed by atoms with Gasteiger partial charge in [0.25, 0.3) is 5.91 Å². The summed E-state index contributed by atoms with van der Waals surface area (Å²) in [7, 11) is -3.40. The summed E-state index contributed by atoms with van der Waals surface area (Å²) in [5, 5.41) is 2.26. The first kappa shape index (κ1) is 18.7. The first-order valence-corrected chi connectivity index (χ1v) is 8.57. The number of carbonyl (C=O) groups is 1. The van der Waals surface area contributed by atoms with Crippen LogP contribution in [0.3, 0.4) is 0 Å². The Labute approximate surface area is 143 Å². The number of carbonyl (C=O) groups excluding carboxylic acids is 1. The number of hydrogen-bond acceptors (Lipinski definition) is 5. The molecule has 9 heteroatoms. The monoisotopic (exact) mass is 371 g/mol. The van der Waals surface area contributed by atoms with Gasteiger partial charge in [0.15, 0.2) is 18.1 Å². The molecule has 0 fully saturated rings. The second kappa shape index (κ2) is 7.93. The van der Waals surface area contributed by atoms with Gasteiger partial charge in [0.1, 0.15) is 0 Å². The van der Waals surface area contributed by atoms with Gasteiger partial charge < -0.3 is 14.8 Å². The topological polar surface area (TPSA) is 81.7 Å². The van der Waals surface area contributed by atoms with E-state index in [2.05, 4.69) is 5.32 Å². The zero-order chi connectivity index (χ0) is 18.4. The Morgan fingerprint density at radius 3 is 2.32 bits per heavy atom. The van der Waals surface area contributed by atoms with E-state index >= 15 is 0 Å². The number of ether oxygens (including phenoxy) is 2. The molecule has 0 heterocycles. The van der Waals surface area contributed by atoms with Gasteiger partial charge in [0, 0.05) is 0 Å². The fourth-order valence-corrected chi connectivity index (χ4v) is 2.87. The van der Waals surface area contributed by atoms with E-state index < -0.39 is 33.0 Å². The Morgan fingerprint density at radius 1 is 1.08 bits per heavy atom. The fourth-order valence-electron chi connectivity index (χ4n) is 1.98. The van der Waals surface area contributed by atoms with E-state index in [1.807, 2.05) is 0 Å². The number of benzene rings is 2. The van der Waals surface area contributed by atoms with Crippen LogP contribution in [0.15, 0.2) is 53.4 Å². The quantitative estimate of drug-likeness (QED) is 0.809. The SMILES string of the molecule is COc1ccccc1OCC(=O)Nc1ccccc1S(=O)(=O)C(F)F. The van der Waals surface area contributed by atoms with Gasteiger partial charge in [-0.1, -0.05) is 24.3 Å². The number of hydrogen-bond donors (Lipinski definition) is 1. The second-order valence-electron chi connectivity index (χ2n) is 4.79. The lowest BCUT2D eigenvalue weighted by molar-refractivity contribution is -0.118. The molecule has 2 rings (SSSR count). The smallest absolute Gasteiger partial charge is 0.341 e. The van der Waals surface area contributed by atoms with Crippen LogP contribution in [0.2, 0.25) is 0 Å². The molecule has 2 aromatic carbocycles. The number of methoxy groups -OCH3 is 1. The van der Waals surface area contributed by atoms with Crippen molar-refractivity contribution < 1.29 is 31.5 Å². The van der Waals surface area contributed by atoms with Crippen molar-refractivity contribution in [1.29, 1.82) is 0 Å². The lowest BCUT2D eigenvalue weighted by atomic mass is 10.3. The van der Waals surface area contributed by atoms with Gasteiger partial charge in [-0.25, -0.2) is 8.42 Å². The molecule has 0 aliphatic carbocycles. The van der Waals surface area contributed by atoms with Crippen molar-refractivity contribution in [2.45, 2.75) is 10.7 Å². The zero-order valence-electron chi connectivity index (χ0n) is 13.1. The van der Waals surface area contributed by atoms with E-state index in [4.69, 9.17) is 9.47 Å². The first-order chi connectivity index (χ1) is 11.9. The molecular weight excluding hydrogens is 356 g/mol. The minimum atomic E-state index is -4.84. The van der Waals surface area contributed by atoms with Crippen LogP contribution < -0.4 is 14.8 Å². The van der Waals surface area contributed by atoms with Gasteiger partial charge in [0.05, 0.1) is 17.7 Å². The van der Waals surface area contributed by atoms with Gasteiger partial charge in [-0.2, -0.15) is 8.78 Å². The number of alkyl halides is 2. The molecule has 0 saturated heterocycles. The average molecular weight is 371 g/mol. The molecule has 25 heavy (non-hydrogen) atoms. The Bertz CT molecular complexity index is 855. The van der Waals surface area contributed by atoms with Crippen LogP contribution in [0.4, 0.5) is 14.5 Å². The van der Waals surface area contributed by atoms with Gasteiger partial charge in [-0.3, -0.25) is 4.79 Å². The molecule has 6 nitrogen and oxygen atoms in total. The maximum atomic E-state index is 12.7. The van der Waals surface area contributed by atoms with Crippen molar-refractivity contribution in [2.24, 2.45) is 0 Å². The third-order valence-electron chi connectivity index (χ3n) is 3.13. The highest BCUT2D eigenvalue weighted by Crippen LogP contribution is 2.27. The molecule has 1 N–H and O–H groups in total. The number of amides is 1. The maximum Gasteiger partial charge on any atom is 0.341 e. The highest BCUT2D eigenvalue weighted by Gasteiger charge is 2.29. The molecule has 1 amide bonds. The number of rotatable bonds is 7. The van der Waals surface area contributed by atoms with Crippen molar-refractivity contribution in [3.63, 3.8) is 0 Å². The summed E-state index contributed by atoms with van der Waals surface area (Å²) >= 11 is 0. The Morgan fingerprint density at radius 2 is 1.68 bits per heavy atom. The lowest BCUT2D eigenvalue weighted by Crippen LogP contribution is -2.22. The van der Waals surface area contributed by atoms with Crippen molar-refractivity contribution in [2.75, 3.05) is 19.0 Å². The van der Waals surface area contributed by atoms with Crippen molar-refractivity contribution in [3.8, 4) is 11.5 Å². The van der Waals surface area contributed by atoms with E-state index in [1.54, 1.807) is 24.3 Å². The number of halogens is 2. The second-order valence-corrected chi connectivity index (χ2v) is 6.68. The normalized spacial score (nSPS) is 11.2. The molecule has 0 aromatic heterocycles. The largest absolute Gasteiger partial charge is 0.493 e. The number of anilines is 1. The molecule has 0 unspecified atom stereocenters. The van der Waals surface area contributed by atoms with Crippen molar-refractivity contribution in [1.82, 2.24) is 0 Å². The van der Waals surface area contributed by atoms with Gasteiger partial charge in [0.2, 0.25) is 9.84 Å². The summed E-state index contributed by atoms with van der Waals surface area (Å²) in [5.74, 6) is -3.57. The Hall–Kier alpha value is -2.68. The zero-order valence-corrected chi connectivity index (χ0v) is 13.9. The molecule has 0 saturated carbocycles. The Kier molecular flexibility index (Phi) is 5.92. The van der Waals surface area contributed by atoms with Gasteiger partial charge in [-0.05, 0) is 24.3 Å². The number of sulfone groups is 1.